The van der Waals surface area contributed by atoms with Gasteiger partial charge >= 0.3 is 0 Å². The fraction of sp³-hybridized carbons (Fsp3) is 0.0909. The van der Waals surface area contributed by atoms with Gasteiger partial charge in [-0.3, -0.25) is 4.79 Å². The highest BCUT2D eigenvalue weighted by Crippen LogP contribution is 2.25. The van der Waals surface area contributed by atoms with E-state index in [9.17, 15) is 4.79 Å². The van der Waals surface area contributed by atoms with E-state index in [0.717, 1.165) is 11.1 Å². The third-order valence-electron chi connectivity index (χ3n) is 2.12. The van der Waals surface area contributed by atoms with Crippen LogP contribution in [-0.4, -0.2) is 10.9 Å². The normalized spacial score (nSPS) is 10.4. The molecule has 2 N–H and O–H groups in total. The molecule has 1 aromatic heterocycles. The number of aromatic nitrogens is 1. The molecule has 2 aromatic rings. The van der Waals surface area contributed by atoms with E-state index in [1.54, 1.807) is 0 Å². The molecule has 5 heteroatoms. The fourth-order valence-electron chi connectivity index (χ4n) is 1.27. The molecule has 1 amide bonds. The quantitative estimate of drug-likeness (QED) is 0.871. The molecule has 1 heterocycles. The minimum absolute atomic E-state index is 0.0442. The lowest BCUT2D eigenvalue weighted by molar-refractivity contribution is 0.0996. The second kappa shape index (κ2) is 3.98. The van der Waals surface area contributed by atoms with E-state index in [1.165, 1.54) is 0 Å². The lowest BCUT2D eigenvalue weighted by Gasteiger charge is -1.95. The van der Waals surface area contributed by atoms with E-state index in [0.29, 0.717) is 5.89 Å². The van der Waals surface area contributed by atoms with Crippen LogP contribution in [0.3, 0.4) is 0 Å². The first-order chi connectivity index (χ1) is 7.58. The molecule has 0 aliphatic heterocycles. The monoisotopic (exact) mass is 236 g/mol. The van der Waals surface area contributed by atoms with Crippen LogP contribution in [0.15, 0.2) is 28.7 Å². The van der Waals surface area contributed by atoms with Crippen molar-refractivity contribution in [3.05, 3.63) is 40.7 Å². The summed E-state index contributed by atoms with van der Waals surface area (Å²) in [7, 11) is 0. The van der Waals surface area contributed by atoms with Gasteiger partial charge in [-0.05, 0) is 30.7 Å². The highest BCUT2D eigenvalue weighted by Gasteiger charge is 2.16. The van der Waals surface area contributed by atoms with Crippen LogP contribution in [0.1, 0.15) is 16.1 Å². The lowest BCUT2D eigenvalue weighted by Crippen LogP contribution is -2.11. The largest absolute Gasteiger partial charge is 0.424 e. The number of amides is 1. The first-order valence-electron chi connectivity index (χ1n) is 4.61. The SMILES string of the molecule is Cc1ccc(-c2nc(C(N)=O)c(Cl)o2)cc1. The van der Waals surface area contributed by atoms with Gasteiger partial charge in [0, 0.05) is 5.56 Å². The van der Waals surface area contributed by atoms with Gasteiger partial charge in [-0.15, -0.1) is 0 Å². The average molecular weight is 237 g/mol. The highest BCUT2D eigenvalue weighted by atomic mass is 35.5. The van der Waals surface area contributed by atoms with Crippen molar-refractivity contribution in [2.24, 2.45) is 5.73 Å². The zero-order chi connectivity index (χ0) is 11.7. The number of halogens is 1. The molecule has 0 aliphatic rings. The number of nitrogens with two attached hydrogens (primary N) is 1. The van der Waals surface area contributed by atoms with Gasteiger partial charge in [0.1, 0.15) is 0 Å². The average Bonchev–Trinajstić information content (AvgIpc) is 2.61. The number of hydrogen-bond acceptors (Lipinski definition) is 3. The maximum absolute atomic E-state index is 10.9. The second-order valence-electron chi connectivity index (χ2n) is 3.37. The van der Waals surface area contributed by atoms with Crippen molar-refractivity contribution in [2.75, 3.05) is 0 Å². The van der Waals surface area contributed by atoms with Crippen LogP contribution >= 0.6 is 11.6 Å². The first kappa shape index (κ1) is 10.7. The first-order valence-corrected chi connectivity index (χ1v) is 4.99. The zero-order valence-corrected chi connectivity index (χ0v) is 9.28. The van der Waals surface area contributed by atoms with Crippen molar-refractivity contribution in [1.82, 2.24) is 4.98 Å². The predicted octanol–water partition coefficient (Wildman–Crippen LogP) is 2.40. The van der Waals surface area contributed by atoms with Crippen molar-refractivity contribution in [2.45, 2.75) is 6.92 Å². The third-order valence-corrected chi connectivity index (χ3v) is 2.37. The number of oxazole rings is 1. The minimum atomic E-state index is -0.702. The number of nitrogens with zero attached hydrogens (tertiary/aromatic N) is 1. The third kappa shape index (κ3) is 1.92. The van der Waals surface area contributed by atoms with E-state index >= 15 is 0 Å². The molecule has 0 saturated carbocycles. The minimum Gasteiger partial charge on any atom is -0.424 e. The number of aryl methyl sites for hydroxylation is 1. The van der Waals surface area contributed by atoms with Crippen LogP contribution in [0.5, 0.6) is 0 Å². The van der Waals surface area contributed by atoms with Crippen molar-refractivity contribution < 1.29 is 9.21 Å². The van der Waals surface area contributed by atoms with Crippen LogP contribution in [0.2, 0.25) is 5.22 Å². The van der Waals surface area contributed by atoms with Gasteiger partial charge in [-0.1, -0.05) is 17.7 Å². The Morgan fingerprint density at radius 1 is 1.38 bits per heavy atom. The molecule has 4 nitrogen and oxygen atoms in total. The Labute approximate surface area is 97.0 Å². The summed E-state index contributed by atoms with van der Waals surface area (Å²) in [5.41, 5.74) is 6.91. The second-order valence-corrected chi connectivity index (χ2v) is 3.71. The van der Waals surface area contributed by atoms with Crippen molar-refractivity contribution in [3.8, 4) is 11.5 Å². The molecule has 0 bridgehead atoms. The number of primary amides is 1. The molecule has 0 aliphatic carbocycles. The highest BCUT2D eigenvalue weighted by molar-refractivity contribution is 6.31. The molecule has 0 saturated heterocycles. The topological polar surface area (TPSA) is 69.1 Å². The van der Waals surface area contributed by atoms with Gasteiger partial charge in [-0.25, -0.2) is 4.98 Å². The molecular weight excluding hydrogens is 228 g/mol. The maximum atomic E-state index is 10.9. The summed E-state index contributed by atoms with van der Waals surface area (Å²) in [4.78, 5) is 14.9. The van der Waals surface area contributed by atoms with E-state index in [4.69, 9.17) is 21.8 Å². The van der Waals surface area contributed by atoms with Gasteiger partial charge in [-0.2, -0.15) is 0 Å². The van der Waals surface area contributed by atoms with Crippen LogP contribution < -0.4 is 5.73 Å². The molecule has 0 spiro atoms. The summed E-state index contributed by atoms with van der Waals surface area (Å²) >= 11 is 5.69. The van der Waals surface area contributed by atoms with Crippen LogP contribution in [-0.2, 0) is 0 Å². The zero-order valence-electron chi connectivity index (χ0n) is 8.53. The summed E-state index contributed by atoms with van der Waals surface area (Å²) in [5.74, 6) is -0.411. The predicted molar refractivity (Wildman–Crippen MR) is 60.2 cm³/mol. The summed E-state index contributed by atoms with van der Waals surface area (Å²) in [5, 5.41) is -0.0805. The van der Waals surface area contributed by atoms with Gasteiger partial charge in [0.15, 0.2) is 5.69 Å². The van der Waals surface area contributed by atoms with E-state index in [1.807, 2.05) is 31.2 Å². The van der Waals surface area contributed by atoms with Gasteiger partial charge < -0.3 is 10.2 Å². The van der Waals surface area contributed by atoms with Gasteiger partial charge in [0.05, 0.1) is 0 Å². The maximum Gasteiger partial charge on any atom is 0.272 e. The van der Waals surface area contributed by atoms with Crippen molar-refractivity contribution in [1.29, 1.82) is 0 Å². The molecule has 0 radical (unpaired) electrons. The molecule has 2 rings (SSSR count). The summed E-state index contributed by atoms with van der Waals surface area (Å²) in [6, 6.07) is 7.50. The van der Waals surface area contributed by atoms with E-state index < -0.39 is 5.91 Å². The van der Waals surface area contributed by atoms with Crippen LogP contribution in [0, 0.1) is 6.92 Å². The molecule has 1 aromatic carbocycles. The molecular formula is C11H9ClN2O2. The Hall–Kier alpha value is -1.81. The number of benzene rings is 1. The molecule has 16 heavy (non-hydrogen) atoms. The van der Waals surface area contributed by atoms with Gasteiger partial charge in [0.25, 0.3) is 5.91 Å². The molecule has 82 valence electrons. The number of hydrogen-bond donors (Lipinski definition) is 1. The number of carbonyl (C=O) groups is 1. The number of carbonyl (C=O) groups excluding carboxylic acids is 1. The molecule has 0 fully saturated rings. The summed E-state index contributed by atoms with van der Waals surface area (Å²) < 4.78 is 5.16. The standard InChI is InChI=1S/C11H9ClN2O2/c1-6-2-4-7(5-3-6)11-14-8(10(13)15)9(12)16-11/h2-5H,1H3,(H2,13,15). The molecule has 0 unspecified atom stereocenters. The Morgan fingerprint density at radius 3 is 2.50 bits per heavy atom. The lowest BCUT2D eigenvalue weighted by atomic mass is 10.1. The Balaban J connectivity index is 2.45. The Kier molecular flexibility index (Phi) is 2.66. The van der Waals surface area contributed by atoms with Crippen molar-refractivity contribution >= 4 is 17.5 Å². The van der Waals surface area contributed by atoms with Crippen molar-refractivity contribution in [3.63, 3.8) is 0 Å². The van der Waals surface area contributed by atoms with E-state index in [2.05, 4.69) is 4.98 Å². The summed E-state index contributed by atoms with van der Waals surface area (Å²) in [6.07, 6.45) is 0. The summed E-state index contributed by atoms with van der Waals surface area (Å²) in [6.45, 7) is 1.97. The Morgan fingerprint density at radius 2 is 2.00 bits per heavy atom. The van der Waals surface area contributed by atoms with Gasteiger partial charge in [0.2, 0.25) is 11.1 Å². The van der Waals surface area contributed by atoms with Crippen LogP contribution in [0.25, 0.3) is 11.5 Å². The molecule has 0 atom stereocenters. The smallest absolute Gasteiger partial charge is 0.272 e. The number of rotatable bonds is 2. The van der Waals surface area contributed by atoms with Crippen LogP contribution in [0.4, 0.5) is 0 Å². The Bertz CT molecular complexity index is 531. The van der Waals surface area contributed by atoms with E-state index in [-0.39, 0.29) is 10.9 Å². The fourth-order valence-corrected chi connectivity index (χ4v) is 1.48.